The van der Waals surface area contributed by atoms with E-state index in [4.69, 9.17) is 0 Å². The number of rotatable bonds is 8. The van der Waals surface area contributed by atoms with Gasteiger partial charge in [0.15, 0.2) is 0 Å². The van der Waals surface area contributed by atoms with Gasteiger partial charge in [-0.2, -0.15) is 0 Å². The molecule has 2 atom stereocenters. The molecule has 0 aliphatic heterocycles. The van der Waals surface area contributed by atoms with Crippen molar-refractivity contribution in [1.29, 1.82) is 0 Å². The van der Waals surface area contributed by atoms with E-state index in [1.807, 2.05) is 6.08 Å². The number of hydrogen-bond acceptors (Lipinski definition) is 3. The van der Waals surface area contributed by atoms with Gasteiger partial charge >= 0.3 is 0 Å². The number of hydrogen-bond donors (Lipinski definition) is 2. The molecule has 0 bridgehead atoms. The Morgan fingerprint density at radius 3 is 2.72 bits per heavy atom. The lowest BCUT2D eigenvalue weighted by Gasteiger charge is -2.23. The molecule has 2 aliphatic rings. The summed E-state index contributed by atoms with van der Waals surface area (Å²) in [6, 6.07) is 0. The molecule has 0 spiro atoms. The van der Waals surface area contributed by atoms with E-state index in [0.717, 1.165) is 24.9 Å². The average molecular weight is 266 g/mol. The van der Waals surface area contributed by atoms with Crippen LogP contribution in [0.2, 0.25) is 0 Å². The van der Waals surface area contributed by atoms with Gasteiger partial charge in [-0.1, -0.05) is 19.1 Å². The van der Waals surface area contributed by atoms with Gasteiger partial charge in [0.25, 0.3) is 0 Å². The smallest absolute Gasteiger partial charge is 0.207 e. The van der Waals surface area contributed by atoms with Gasteiger partial charge in [-0.25, -0.2) is 0 Å². The first-order chi connectivity index (χ1) is 8.60. The van der Waals surface area contributed by atoms with Crippen LogP contribution in [0.15, 0.2) is 24.4 Å². The maximum absolute atomic E-state index is 10.8. The molecule has 0 aromatic heterocycles. The third-order valence-electron chi connectivity index (χ3n) is 3.87. The van der Waals surface area contributed by atoms with Crippen LogP contribution < -0.4 is 10.0 Å². The fraction of sp³-hybridized carbons (Fsp3) is 0.643. The molecule has 2 rings (SSSR count). The first kappa shape index (κ1) is 13.5. The van der Waals surface area contributed by atoms with Crippen LogP contribution in [-0.4, -0.2) is 16.7 Å². The molecule has 2 unspecified atom stereocenters. The van der Waals surface area contributed by atoms with E-state index in [-0.39, 0.29) is 5.54 Å². The SMILES string of the molecule is C=CC1CC1(NC=O)/C(=C\CC)NSC1(C)CC1. The van der Waals surface area contributed by atoms with Crippen LogP contribution in [0, 0.1) is 5.92 Å². The molecule has 4 heteroatoms. The van der Waals surface area contributed by atoms with Gasteiger partial charge in [-0.05, 0) is 44.6 Å². The van der Waals surface area contributed by atoms with E-state index in [9.17, 15) is 4.79 Å². The van der Waals surface area contributed by atoms with Crippen molar-refractivity contribution in [3.8, 4) is 0 Å². The molecule has 2 saturated carbocycles. The van der Waals surface area contributed by atoms with Crippen molar-refractivity contribution in [3.05, 3.63) is 24.4 Å². The van der Waals surface area contributed by atoms with Crippen LogP contribution in [0.3, 0.4) is 0 Å². The highest BCUT2D eigenvalue weighted by Crippen LogP contribution is 2.52. The first-order valence-electron chi connectivity index (χ1n) is 6.59. The fourth-order valence-corrected chi connectivity index (χ4v) is 3.13. The Labute approximate surface area is 114 Å². The van der Waals surface area contributed by atoms with Crippen molar-refractivity contribution in [2.24, 2.45) is 5.92 Å². The molecule has 0 heterocycles. The second-order valence-corrected chi connectivity index (χ2v) is 6.85. The Bertz CT molecular complexity index is 376. The third-order valence-corrected chi connectivity index (χ3v) is 5.09. The maximum atomic E-state index is 10.8. The first-order valence-corrected chi connectivity index (χ1v) is 7.40. The molecule has 0 aromatic carbocycles. The summed E-state index contributed by atoms with van der Waals surface area (Å²) in [7, 11) is 0. The summed E-state index contributed by atoms with van der Waals surface area (Å²) in [6.45, 7) is 8.23. The minimum atomic E-state index is -0.224. The predicted molar refractivity (Wildman–Crippen MR) is 77.0 cm³/mol. The summed E-state index contributed by atoms with van der Waals surface area (Å²) in [4.78, 5) is 10.8. The highest BCUT2D eigenvalue weighted by Gasteiger charge is 2.55. The predicted octanol–water partition coefficient (Wildman–Crippen LogP) is 2.76. The maximum Gasteiger partial charge on any atom is 0.207 e. The molecule has 100 valence electrons. The van der Waals surface area contributed by atoms with E-state index < -0.39 is 0 Å². The number of nitrogens with one attached hydrogen (secondary N) is 2. The quantitative estimate of drug-likeness (QED) is 0.403. The second-order valence-electron chi connectivity index (χ2n) is 5.46. The molecular weight excluding hydrogens is 244 g/mol. The molecule has 0 radical (unpaired) electrons. The highest BCUT2D eigenvalue weighted by atomic mass is 32.2. The monoisotopic (exact) mass is 266 g/mol. The Balaban J connectivity index is 2.05. The van der Waals surface area contributed by atoms with Crippen LogP contribution >= 0.6 is 11.9 Å². The normalized spacial score (nSPS) is 32.6. The zero-order chi connectivity index (χ0) is 13.2. The number of allylic oxidation sites excluding steroid dienone is 1. The summed E-state index contributed by atoms with van der Waals surface area (Å²) in [5, 5.41) is 2.98. The van der Waals surface area contributed by atoms with Gasteiger partial charge in [-0.15, -0.1) is 6.58 Å². The van der Waals surface area contributed by atoms with Crippen LogP contribution in [-0.2, 0) is 4.79 Å². The van der Waals surface area contributed by atoms with Crippen molar-refractivity contribution in [2.45, 2.75) is 49.8 Å². The van der Waals surface area contributed by atoms with Crippen molar-refractivity contribution in [1.82, 2.24) is 10.0 Å². The van der Waals surface area contributed by atoms with Crippen LogP contribution in [0.4, 0.5) is 0 Å². The van der Waals surface area contributed by atoms with Gasteiger partial charge < -0.3 is 10.0 Å². The number of carbonyl (C=O) groups is 1. The van der Waals surface area contributed by atoms with E-state index >= 15 is 0 Å². The van der Waals surface area contributed by atoms with Crippen molar-refractivity contribution in [2.75, 3.05) is 0 Å². The Morgan fingerprint density at radius 2 is 2.28 bits per heavy atom. The van der Waals surface area contributed by atoms with E-state index in [0.29, 0.717) is 10.7 Å². The molecule has 0 saturated heterocycles. The lowest BCUT2D eigenvalue weighted by Crippen LogP contribution is -2.38. The minimum absolute atomic E-state index is 0.224. The van der Waals surface area contributed by atoms with Crippen molar-refractivity contribution in [3.63, 3.8) is 0 Å². The zero-order valence-electron chi connectivity index (χ0n) is 11.2. The Kier molecular flexibility index (Phi) is 3.76. The summed E-state index contributed by atoms with van der Waals surface area (Å²) in [5.74, 6) is 0.348. The number of amides is 1. The standard InChI is InChI=1S/C14H22N2OS/c1-4-6-12(16-18-13(3)7-8-13)14(15-10-17)9-11(14)5-2/h5-6,10-11,16H,2,4,7-9H2,1,3H3,(H,15,17)/b12-6+. The fourth-order valence-electron chi connectivity index (χ4n) is 2.21. The molecule has 2 aliphatic carbocycles. The van der Waals surface area contributed by atoms with Crippen molar-refractivity contribution < 1.29 is 4.79 Å². The molecule has 1 amide bonds. The molecule has 18 heavy (non-hydrogen) atoms. The van der Waals surface area contributed by atoms with Crippen LogP contribution in [0.25, 0.3) is 0 Å². The van der Waals surface area contributed by atoms with E-state index in [1.165, 1.54) is 12.8 Å². The minimum Gasteiger partial charge on any atom is -0.347 e. The summed E-state index contributed by atoms with van der Waals surface area (Å²) < 4.78 is 3.87. The van der Waals surface area contributed by atoms with Gasteiger partial charge in [-0.3, -0.25) is 4.79 Å². The van der Waals surface area contributed by atoms with Gasteiger partial charge in [0.05, 0.1) is 5.54 Å². The van der Waals surface area contributed by atoms with E-state index in [1.54, 1.807) is 11.9 Å². The summed E-state index contributed by atoms with van der Waals surface area (Å²) >= 11 is 1.79. The van der Waals surface area contributed by atoms with Crippen molar-refractivity contribution >= 4 is 18.4 Å². The lowest BCUT2D eigenvalue weighted by atomic mass is 10.1. The second kappa shape index (κ2) is 5.00. The largest absolute Gasteiger partial charge is 0.347 e. The molecule has 2 fully saturated rings. The Hall–Kier alpha value is -0.900. The molecule has 3 nitrogen and oxygen atoms in total. The summed E-state index contributed by atoms with van der Waals surface area (Å²) in [6.07, 6.45) is 9.37. The molecule has 2 N–H and O–H groups in total. The van der Waals surface area contributed by atoms with Gasteiger partial charge in [0.2, 0.25) is 6.41 Å². The van der Waals surface area contributed by atoms with Gasteiger partial charge in [0, 0.05) is 16.4 Å². The highest BCUT2D eigenvalue weighted by molar-refractivity contribution is 7.99. The number of carbonyl (C=O) groups excluding carboxylic acids is 1. The van der Waals surface area contributed by atoms with Crippen LogP contribution in [0.1, 0.15) is 39.5 Å². The van der Waals surface area contributed by atoms with E-state index in [2.05, 4.69) is 36.5 Å². The average Bonchev–Trinajstić information content (AvgIpc) is 3.24. The topological polar surface area (TPSA) is 41.1 Å². The lowest BCUT2D eigenvalue weighted by molar-refractivity contribution is -0.110. The Morgan fingerprint density at radius 1 is 1.56 bits per heavy atom. The summed E-state index contributed by atoms with van der Waals surface area (Å²) in [5.41, 5.74) is 0.915. The van der Waals surface area contributed by atoms with Crippen LogP contribution in [0.5, 0.6) is 0 Å². The molecular formula is C14H22N2OS. The zero-order valence-corrected chi connectivity index (χ0v) is 12.0. The third kappa shape index (κ3) is 2.58. The van der Waals surface area contributed by atoms with Gasteiger partial charge in [0.1, 0.15) is 0 Å². The molecule has 0 aromatic rings.